The van der Waals surface area contributed by atoms with Gasteiger partial charge in [0.25, 0.3) is 5.56 Å². The molecular formula is C30H31ClN6O2. The predicted octanol–water partition coefficient (Wildman–Crippen LogP) is 5.11. The van der Waals surface area contributed by atoms with Crippen molar-refractivity contribution in [3.05, 3.63) is 98.6 Å². The van der Waals surface area contributed by atoms with Crippen LogP contribution in [0.1, 0.15) is 60.8 Å². The zero-order chi connectivity index (χ0) is 27.3. The normalized spacial score (nSPS) is 15.6. The van der Waals surface area contributed by atoms with E-state index in [4.69, 9.17) is 11.6 Å². The number of hydrogen-bond donors (Lipinski definition) is 2. The highest BCUT2D eigenvalue weighted by molar-refractivity contribution is 6.31. The second-order valence-corrected chi connectivity index (χ2v) is 11.4. The van der Waals surface area contributed by atoms with Crippen LogP contribution in [0.3, 0.4) is 0 Å². The van der Waals surface area contributed by atoms with Crippen LogP contribution in [-0.4, -0.2) is 34.6 Å². The van der Waals surface area contributed by atoms with Crippen molar-refractivity contribution in [1.29, 1.82) is 0 Å². The summed E-state index contributed by atoms with van der Waals surface area (Å²) in [5, 5.41) is 19.0. The summed E-state index contributed by atoms with van der Waals surface area (Å²) in [6, 6.07) is 11.9. The minimum Gasteiger partial charge on any atom is -0.382 e. The lowest BCUT2D eigenvalue weighted by molar-refractivity contribution is 0.0687. The van der Waals surface area contributed by atoms with Crippen molar-refractivity contribution in [2.75, 3.05) is 0 Å². The van der Waals surface area contributed by atoms with Gasteiger partial charge in [0.1, 0.15) is 5.60 Å². The van der Waals surface area contributed by atoms with E-state index in [0.29, 0.717) is 28.7 Å². The minimum atomic E-state index is -1.12. The Morgan fingerprint density at radius 2 is 1.90 bits per heavy atom. The Kier molecular flexibility index (Phi) is 6.40. The van der Waals surface area contributed by atoms with E-state index in [9.17, 15) is 9.90 Å². The molecule has 9 heteroatoms. The third kappa shape index (κ3) is 4.79. The van der Waals surface area contributed by atoms with E-state index in [0.717, 1.165) is 41.5 Å². The van der Waals surface area contributed by atoms with Crippen molar-refractivity contribution in [2.45, 2.75) is 57.6 Å². The van der Waals surface area contributed by atoms with Gasteiger partial charge in [0, 0.05) is 41.6 Å². The van der Waals surface area contributed by atoms with E-state index in [1.54, 1.807) is 38.0 Å². The van der Waals surface area contributed by atoms with Gasteiger partial charge in [-0.15, -0.1) is 0 Å². The van der Waals surface area contributed by atoms with Crippen LogP contribution >= 0.6 is 11.6 Å². The van der Waals surface area contributed by atoms with Crippen LogP contribution in [-0.2, 0) is 32.0 Å². The number of nitrogens with one attached hydrogen (secondary N) is 1. The van der Waals surface area contributed by atoms with Crippen LogP contribution in [0.2, 0.25) is 5.02 Å². The second-order valence-electron chi connectivity index (χ2n) is 11.0. The number of aryl methyl sites for hydroxylation is 1. The van der Waals surface area contributed by atoms with E-state index < -0.39 is 5.60 Å². The van der Waals surface area contributed by atoms with Crippen LogP contribution in [0.15, 0.2) is 59.8 Å². The van der Waals surface area contributed by atoms with Gasteiger partial charge in [-0.3, -0.25) is 19.3 Å². The van der Waals surface area contributed by atoms with Crippen molar-refractivity contribution < 1.29 is 5.11 Å². The predicted molar refractivity (Wildman–Crippen MR) is 152 cm³/mol. The minimum absolute atomic E-state index is 0.0635. The van der Waals surface area contributed by atoms with Crippen molar-refractivity contribution in [1.82, 2.24) is 29.5 Å². The Labute approximate surface area is 231 Å². The number of H-pyrrole nitrogens is 1. The average Bonchev–Trinajstić information content (AvgIpc) is 3.50. The van der Waals surface area contributed by atoms with Gasteiger partial charge in [-0.2, -0.15) is 5.10 Å². The molecule has 0 spiro atoms. The summed E-state index contributed by atoms with van der Waals surface area (Å²) in [5.41, 5.74) is 6.07. The second kappa shape index (κ2) is 9.77. The lowest BCUT2D eigenvalue weighted by atomic mass is 9.84. The molecule has 6 rings (SSSR count). The molecule has 0 radical (unpaired) electrons. The maximum atomic E-state index is 13.1. The third-order valence-electron chi connectivity index (χ3n) is 7.77. The number of aromatic amines is 1. The molecule has 0 saturated heterocycles. The van der Waals surface area contributed by atoms with Crippen LogP contribution in [0.25, 0.3) is 22.0 Å². The number of aliphatic hydroxyl groups is 1. The topological polar surface area (TPSA) is 102 Å². The number of nitrogens with zero attached hydrogens (tertiary/aromatic N) is 5. The molecule has 2 N–H and O–H groups in total. The maximum Gasteiger partial charge on any atom is 0.274 e. The Balaban J connectivity index is 1.33. The molecule has 2 aromatic carbocycles. The molecule has 200 valence electrons. The number of hydrogen-bond acceptors (Lipinski definition) is 5. The smallest absolute Gasteiger partial charge is 0.274 e. The maximum absolute atomic E-state index is 13.1. The molecule has 0 amide bonds. The summed E-state index contributed by atoms with van der Waals surface area (Å²) in [4.78, 5) is 21.8. The standard InChI is InChI=1S/C30H31ClN6O2/c1-30(2,39)29-32-14-23(15-33-29)19-8-9-24-26(13-19)37(36(3)28(24)38)17-22-12-18(7-10-25(22)31)11-20-5-4-6-21-16-34-35-27(20)21/h7-10,12-16,20,39H,4-6,11,17H2,1-3H3,(H,34,35). The summed E-state index contributed by atoms with van der Waals surface area (Å²) >= 11 is 6.69. The van der Waals surface area contributed by atoms with E-state index in [2.05, 4.69) is 32.3 Å². The first-order valence-electron chi connectivity index (χ1n) is 13.2. The molecule has 0 bridgehead atoms. The number of fused-ring (bicyclic) bond motifs is 2. The first-order chi connectivity index (χ1) is 18.7. The van der Waals surface area contributed by atoms with Crippen LogP contribution in [0.4, 0.5) is 0 Å². The summed E-state index contributed by atoms with van der Waals surface area (Å²) < 4.78 is 3.61. The van der Waals surface area contributed by atoms with Crippen molar-refractivity contribution in [3.8, 4) is 11.1 Å². The third-order valence-corrected chi connectivity index (χ3v) is 8.13. The summed E-state index contributed by atoms with van der Waals surface area (Å²) in [6.07, 6.45) is 9.65. The number of benzene rings is 2. The molecule has 8 nitrogen and oxygen atoms in total. The highest BCUT2D eigenvalue weighted by atomic mass is 35.5. The molecular weight excluding hydrogens is 512 g/mol. The molecule has 1 atom stereocenters. The van der Waals surface area contributed by atoms with E-state index >= 15 is 0 Å². The number of aromatic nitrogens is 6. The van der Waals surface area contributed by atoms with E-state index in [1.807, 2.05) is 35.1 Å². The molecule has 1 aliphatic carbocycles. The van der Waals surface area contributed by atoms with Gasteiger partial charge < -0.3 is 5.11 Å². The van der Waals surface area contributed by atoms with Crippen molar-refractivity contribution >= 4 is 22.5 Å². The van der Waals surface area contributed by atoms with Gasteiger partial charge in [-0.1, -0.05) is 29.8 Å². The fourth-order valence-electron chi connectivity index (χ4n) is 5.62. The van der Waals surface area contributed by atoms with Crippen molar-refractivity contribution in [2.24, 2.45) is 7.05 Å². The van der Waals surface area contributed by atoms with Crippen LogP contribution in [0.5, 0.6) is 0 Å². The molecule has 5 aromatic rings. The zero-order valence-electron chi connectivity index (χ0n) is 22.3. The summed E-state index contributed by atoms with van der Waals surface area (Å²) in [7, 11) is 1.78. The quantitative estimate of drug-likeness (QED) is 0.310. The summed E-state index contributed by atoms with van der Waals surface area (Å²) in [6.45, 7) is 3.76. The van der Waals surface area contributed by atoms with Crippen molar-refractivity contribution in [3.63, 3.8) is 0 Å². The van der Waals surface area contributed by atoms with Crippen LogP contribution < -0.4 is 5.56 Å². The Bertz CT molecular complexity index is 1730. The molecule has 0 saturated carbocycles. The van der Waals surface area contributed by atoms with Gasteiger partial charge in [-0.05, 0) is 80.0 Å². The van der Waals surface area contributed by atoms with E-state index in [-0.39, 0.29) is 5.56 Å². The summed E-state index contributed by atoms with van der Waals surface area (Å²) in [5.74, 6) is 0.769. The van der Waals surface area contributed by atoms with Gasteiger partial charge in [0.2, 0.25) is 0 Å². The molecule has 39 heavy (non-hydrogen) atoms. The largest absolute Gasteiger partial charge is 0.382 e. The first kappa shape index (κ1) is 25.5. The molecule has 0 fully saturated rings. The van der Waals surface area contributed by atoms with E-state index in [1.165, 1.54) is 23.2 Å². The van der Waals surface area contributed by atoms with Gasteiger partial charge in [-0.25, -0.2) is 9.97 Å². The SMILES string of the molecule is Cn1c(=O)c2ccc(-c3cnc(C(C)(C)O)nc3)cc2n1Cc1cc(CC2CCCc3cn[nH]c32)ccc1Cl. The fourth-order valence-corrected chi connectivity index (χ4v) is 5.80. The molecule has 1 aliphatic rings. The average molecular weight is 543 g/mol. The number of rotatable bonds is 6. The Morgan fingerprint density at radius 3 is 2.67 bits per heavy atom. The Hall–Kier alpha value is -3.75. The first-order valence-corrected chi connectivity index (χ1v) is 13.6. The molecule has 3 heterocycles. The van der Waals surface area contributed by atoms with Gasteiger partial charge >= 0.3 is 0 Å². The lowest BCUT2D eigenvalue weighted by Gasteiger charge is -2.22. The monoisotopic (exact) mass is 542 g/mol. The highest BCUT2D eigenvalue weighted by Crippen LogP contribution is 2.33. The lowest BCUT2D eigenvalue weighted by Crippen LogP contribution is -2.20. The fraction of sp³-hybridized carbons (Fsp3) is 0.333. The molecule has 0 aliphatic heterocycles. The van der Waals surface area contributed by atoms with Gasteiger partial charge in [0.05, 0.1) is 23.6 Å². The molecule has 1 unspecified atom stereocenters. The highest BCUT2D eigenvalue weighted by Gasteiger charge is 2.23. The van der Waals surface area contributed by atoms with Gasteiger partial charge in [0.15, 0.2) is 5.82 Å². The van der Waals surface area contributed by atoms with Crippen LogP contribution in [0, 0.1) is 0 Å². The number of halogens is 1. The zero-order valence-corrected chi connectivity index (χ0v) is 23.0. The molecule has 3 aromatic heterocycles. The Morgan fingerprint density at radius 1 is 1.10 bits per heavy atom.